The van der Waals surface area contributed by atoms with Gasteiger partial charge in [-0.15, -0.1) is 16.9 Å². The fourth-order valence-electron chi connectivity index (χ4n) is 3.85. The summed E-state index contributed by atoms with van der Waals surface area (Å²) in [4.78, 5) is 27.2. The maximum Gasteiger partial charge on any atom is 0.272 e. The van der Waals surface area contributed by atoms with Crippen LogP contribution in [0.4, 0.5) is 5.69 Å². The minimum atomic E-state index is -0.431. The van der Waals surface area contributed by atoms with Gasteiger partial charge in [-0.05, 0) is 71.5 Å². The second-order valence-electron chi connectivity index (χ2n) is 8.90. The minimum Gasteiger partial charge on any atom is -0.321 e. The Labute approximate surface area is 236 Å². The Balaban J connectivity index is 1.31. The normalized spacial score (nSPS) is 11.2. The van der Waals surface area contributed by atoms with E-state index in [2.05, 4.69) is 26.2 Å². The molecule has 2 amide bonds. The van der Waals surface area contributed by atoms with Crippen molar-refractivity contribution in [3.8, 4) is 5.69 Å². The molecule has 0 aliphatic heterocycles. The Morgan fingerprint density at radius 2 is 1.60 bits per heavy atom. The van der Waals surface area contributed by atoms with Crippen molar-refractivity contribution < 1.29 is 9.59 Å². The van der Waals surface area contributed by atoms with Crippen molar-refractivity contribution in [3.63, 3.8) is 0 Å². The highest BCUT2D eigenvalue weighted by molar-refractivity contribution is 7.98. The zero-order valence-electron chi connectivity index (χ0n) is 21.7. The van der Waals surface area contributed by atoms with E-state index in [-0.39, 0.29) is 11.6 Å². The van der Waals surface area contributed by atoms with Gasteiger partial charge in [-0.2, -0.15) is 4.68 Å². The number of nitrogens with one attached hydrogen (secondary N) is 2. The molecule has 0 saturated carbocycles. The number of tetrazole rings is 1. The summed E-state index contributed by atoms with van der Waals surface area (Å²) in [6.07, 6.45) is 1.66. The molecule has 0 spiro atoms. The summed E-state index contributed by atoms with van der Waals surface area (Å²) in [6, 6.07) is 33.7. The lowest BCUT2D eigenvalue weighted by atomic mass is 10.1. The Morgan fingerprint density at radius 3 is 2.35 bits per heavy atom. The summed E-state index contributed by atoms with van der Waals surface area (Å²) >= 11 is 1.55. The number of benzene rings is 4. The SMILES string of the molecule is Cc1ccc(/C=C(/NC(=O)c2ccccc2)C(=O)Nc2cccc(SCc3nnnn3-c3ccccc3)c2)cc1. The van der Waals surface area contributed by atoms with Crippen LogP contribution in [-0.4, -0.2) is 32.0 Å². The Hall–Kier alpha value is -5.02. The van der Waals surface area contributed by atoms with Crippen LogP contribution in [-0.2, 0) is 10.5 Å². The third kappa shape index (κ3) is 6.89. The van der Waals surface area contributed by atoms with Crippen molar-refractivity contribution in [2.75, 3.05) is 5.32 Å². The second kappa shape index (κ2) is 12.7. The van der Waals surface area contributed by atoms with Gasteiger partial charge in [-0.1, -0.05) is 72.3 Å². The van der Waals surface area contributed by atoms with Crippen LogP contribution in [0.15, 0.2) is 120 Å². The van der Waals surface area contributed by atoms with Crippen LogP contribution < -0.4 is 10.6 Å². The lowest BCUT2D eigenvalue weighted by Gasteiger charge is -2.12. The van der Waals surface area contributed by atoms with E-state index < -0.39 is 5.91 Å². The molecule has 0 atom stereocenters. The number of hydrogen-bond donors (Lipinski definition) is 2. The van der Waals surface area contributed by atoms with E-state index in [1.807, 2.05) is 85.8 Å². The van der Waals surface area contributed by atoms with Gasteiger partial charge < -0.3 is 10.6 Å². The van der Waals surface area contributed by atoms with Crippen LogP contribution in [0.25, 0.3) is 11.8 Å². The van der Waals surface area contributed by atoms with E-state index in [1.165, 1.54) is 0 Å². The predicted molar refractivity (Wildman–Crippen MR) is 157 cm³/mol. The number of hydrogen-bond acceptors (Lipinski definition) is 6. The first-order valence-electron chi connectivity index (χ1n) is 12.6. The van der Waals surface area contributed by atoms with Crippen LogP contribution in [0.5, 0.6) is 0 Å². The van der Waals surface area contributed by atoms with E-state index in [0.717, 1.165) is 21.7 Å². The monoisotopic (exact) mass is 546 g/mol. The molecule has 0 radical (unpaired) electrons. The lowest BCUT2D eigenvalue weighted by molar-refractivity contribution is -0.113. The number of aryl methyl sites for hydroxylation is 1. The molecule has 0 aliphatic rings. The second-order valence-corrected chi connectivity index (χ2v) is 9.95. The van der Waals surface area contributed by atoms with Gasteiger partial charge >= 0.3 is 0 Å². The minimum absolute atomic E-state index is 0.137. The fraction of sp³-hybridized carbons (Fsp3) is 0.0645. The average molecular weight is 547 g/mol. The molecule has 40 heavy (non-hydrogen) atoms. The number of carbonyl (C=O) groups is 2. The van der Waals surface area contributed by atoms with Gasteiger partial charge in [0.2, 0.25) is 0 Å². The number of aromatic nitrogens is 4. The van der Waals surface area contributed by atoms with Crippen LogP contribution in [0.2, 0.25) is 0 Å². The first kappa shape index (κ1) is 26.6. The van der Waals surface area contributed by atoms with Gasteiger partial charge in [0.1, 0.15) is 5.70 Å². The summed E-state index contributed by atoms with van der Waals surface area (Å²) < 4.78 is 1.70. The zero-order chi connectivity index (χ0) is 27.7. The molecule has 5 aromatic rings. The molecule has 0 aliphatic carbocycles. The highest BCUT2D eigenvalue weighted by Gasteiger charge is 2.16. The topological polar surface area (TPSA) is 102 Å². The highest BCUT2D eigenvalue weighted by atomic mass is 32.2. The Bertz CT molecular complexity index is 1630. The van der Waals surface area contributed by atoms with Crippen molar-refractivity contribution in [2.45, 2.75) is 17.6 Å². The summed E-state index contributed by atoms with van der Waals surface area (Å²) in [5.74, 6) is 0.442. The molecule has 5 rings (SSSR count). The van der Waals surface area contributed by atoms with Crippen molar-refractivity contribution in [1.29, 1.82) is 0 Å². The molecule has 9 heteroatoms. The quantitative estimate of drug-likeness (QED) is 0.182. The third-order valence-corrected chi connectivity index (χ3v) is 6.90. The maximum atomic E-state index is 13.4. The summed E-state index contributed by atoms with van der Waals surface area (Å²) in [6.45, 7) is 1.99. The lowest BCUT2D eigenvalue weighted by Crippen LogP contribution is -2.30. The molecule has 198 valence electrons. The van der Waals surface area contributed by atoms with Crippen molar-refractivity contribution in [3.05, 3.63) is 137 Å². The number of carbonyl (C=O) groups excluding carboxylic acids is 2. The molecule has 1 heterocycles. The number of nitrogens with zero attached hydrogens (tertiary/aromatic N) is 4. The average Bonchev–Trinajstić information content (AvgIpc) is 3.47. The number of anilines is 1. The van der Waals surface area contributed by atoms with E-state index >= 15 is 0 Å². The molecule has 4 aromatic carbocycles. The number of para-hydroxylation sites is 1. The van der Waals surface area contributed by atoms with E-state index in [0.29, 0.717) is 22.8 Å². The van der Waals surface area contributed by atoms with Gasteiger partial charge in [-0.3, -0.25) is 9.59 Å². The van der Waals surface area contributed by atoms with Gasteiger partial charge in [0.05, 0.1) is 11.4 Å². The predicted octanol–water partition coefficient (Wildman–Crippen LogP) is 5.67. The molecule has 0 bridgehead atoms. The molecule has 8 nitrogen and oxygen atoms in total. The number of thioether (sulfide) groups is 1. The van der Waals surface area contributed by atoms with E-state index in [9.17, 15) is 9.59 Å². The largest absolute Gasteiger partial charge is 0.321 e. The summed E-state index contributed by atoms with van der Waals surface area (Å²) in [7, 11) is 0. The maximum absolute atomic E-state index is 13.4. The van der Waals surface area contributed by atoms with Gasteiger partial charge in [0, 0.05) is 16.1 Å². The molecule has 2 N–H and O–H groups in total. The number of rotatable bonds is 9. The first-order valence-corrected chi connectivity index (χ1v) is 13.6. The first-order chi connectivity index (χ1) is 19.5. The van der Waals surface area contributed by atoms with Crippen LogP contribution in [0, 0.1) is 6.92 Å². The molecular formula is C31H26N6O2S. The zero-order valence-corrected chi connectivity index (χ0v) is 22.5. The Kier molecular flexibility index (Phi) is 8.43. The van der Waals surface area contributed by atoms with E-state index in [4.69, 9.17) is 0 Å². The molecule has 0 unspecified atom stereocenters. The van der Waals surface area contributed by atoms with Gasteiger partial charge in [0.25, 0.3) is 11.8 Å². The van der Waals surface area contributed by atoms with Crippen LogP contribution in [0.3, 0.4) is 0 Å². The smallest absolute Gasteiger partial charge is 0.272 e. The van der Waals surface area contributed by atoms with Crippen molar-refractivity contribution in [1.82, 2.24) is 25.5 Å². The van der Waals surface area contributed by atoms with Gasteiger partial charge in [-0.25, -0.2) is 0 Å². The third-order valence-electron chi connectivity index (χ3n) is 5.91. The highest BCUT2D eigenvalue weighted by Crippen LogP contribution is 2.25. The van der Waals surface area contributed by atoms with Crippen molar-refractivity contribution >= 4 is 35.3 Å². The Morgan fingerprint density at radius 1 is 0.875 bits per heavy atom. The van der Waals surface area contributed by atoms with Crippen LogP contribution in [0.1, 0.15) is 27.3 Å². The molecule has 1 aromatic heterocycles. The molecular weight excluding hydrogens is 520 g/mol. The van der Waals surface area contributed by atoms with Crippen molar-refractivity contribution in [2.24, 2.45) is 0 Å². The fourth-order valence-corrected chi connectivity index (χ4v) is 4.71. The van der Waals surface area contributed by atoms with Gasteiger partial charge in [0.15, 0.2) is 5.82 Å². The molecule has 0 saturated heterocycles. The molecule has 0 fully saturated rings. The summed E-state index contributed by atoms with van der Waals surface area (Å²) in [5.41, 5.74) is 3.98. The number of amides is 2. The van der Waals surface area contributed by atoms with E-state index in [1.54, 1.807) is 52.9 Å². The standard InChI is InChI=1S/C31H26N6O2S/c1-22-15-17-23(18-16-22)19-28(33-30(38)24-9-4-2-5-10-24)31(39)32-25-11-8-14-27(20-25)40-21-29-34-35-36-37(29)26-12-6-3-7-13-26/h2-20H,21H2,1H3,(H,32,39)(H,33,38)/b28-19+. The summed E-state index contributed by atoms with van der Waals surface area (Å²) in [5, 5.41) is 17.8. The van der Waals surface area contributed by atoms with Crippen LogP contribution >= 0.6 is 11.8 Å².